The summed E-state index contributed by atoms with van der Waals surface area (Å²) in [5, 5.41) is 26.1. The molecular weight excluding hydrogens is 472 g/mol. The molecule has 0 aromatic carbocycles. The van der Waals surface area contributed by atoms with Crippen molar-refractivity contribution in [1.82, 2.24) is 16.0 Å². The van der Waals surface area contributed by atoms with Gasteiger partial charge in [0.25, 0.3) is 0 Å². The number of aliphatic hydroxyl groups excluding tert-OH is 1. The predicted octanol–water partition coefficient (Wildman–Crippen LogP) is -1.87. The van der Waals surface area contributed by atoms with Crippen molar-refractivity contribution in [3.8, 4) is 0 Å². The summed E-state index contributed by atoms with van der Waals surface area (Å²) in [5.41, 5.74) is 4.07. The monoisotopic (exact) mass is 506 g/mol. The molecule has 14 heteroatoms. The zero-order valence-corrected chi connectivity index (χ0v) is 20.4. The molecule has 0 aliphatic heterocycles. The van der Waals surface area contributed by atoms with E-state index >= 15 is 0 Å². The minimum Gasteiger partial charge on any atom is -0.480 e. The first-order chi connectivity index (χ1) is 15.8. The van der Waals surface area contributed by atoms with Crippen molar-refractivity contribution in [3.63, 3.8) is 0 Å². The number of nitrogens with one attached hydrogen (secondary N) is 3. The third-order valence-corrected chi connectivity index (χ3v) is 5.35. The number of thioether (sulfide) groups is 1. The number of hydrogen-bond donors (Lipinski definition) is 6. The summed E-state index contributed by atoms with van der Waals surface area (Å²) in [6.07, 6.45) is -1.62. The van der Waals surface area contributed by atoms with Gasteiger partial charge in [-0.05, 0) is 6.42 Å². The van der Waals surface area contributed by atoms with E-state index < -0.39 is 41.3 Å². The molecule has 34 heavy (non-hydrogen) atoms. The average Bonchev–Trinajstić information content (AvgIpc) is 2.76. The van der Waals surface area contributed by atoms with Crippen LogP contribution in [0.4, 0.5) is 0 Å². The first-order valence-electron chi connectivity index (χ1n) is 10.5. The standard InChI is InChI=1S/C20H34N4O9S/c1-12(25)24-13(19(31)32)4-5-16(28)34-9-8-22-14(26)6-7-23-18(30)17(29)20(2,3)11-33-15(27)10-21/h13,17,29H,4-11,21H2,1-3H3,(H,22,26)(H,23,30)(H,24,25)(H,31,32)/t13-,17-/m0/s1. The highest BCUT2D eigenvalue weighted by Crippen LogP contribution is 2.21. The van der Waals surface area contributed by atoms with Crippen molar-refractivity contribution in [1.29, 1.82) is 0 Å². The Kier molecular flexibility index (Phi) is 14.7. The SMILES string of the molecule is CC(=O)N[C@@H](CCC(=O)SCCNC(=O)CCNC(=O)[C@H](O)C(C)(C)COC(=O)CN)C(=O)O. The molecule has 0 aliphatic carbocycles. The number of carbonyl (C=O) groups is 6. The summed E-state index contributed by atoms with van der Waals surface area (Å²) >= 11 is 0.929. The van der Waals surface area contributed by atoms with Crippen molar-refractivity contribution in [2.24, 2.45) is 11.1 Å². The van der Waals surface area contributed by atoms with Gasteiger partial charge in [-0.25, -0.2) is 4.79 Å². The molecule has 0 fully saturated rings. The van der Waals surface area contributed by atoms with Crippen LogP contribution in [0.5, 0.6) is 0 Å². The Morgan fingerprint density at radius 1 is 1.06 bits per heavy atom. The smallest absolute Gasteiger partial charge is 0.326 e. The average molecular weight is 507 g/mol. The molecule has 0 aromatic heterocycles. The minimum absolute atomic E-state index is 0.0355. The molecule has 3 amide bonds. The quantitative estimate of drug-likeness (QED) is 0.101. The largest absolute Gasteiger partial charge is 0.480 e. The first-order valence-corrected chi connectivity index (χ1v) is 11.5. The van der Waals surface area contributed by atoms with Crippen molar-refractivity contribution in [2.45, 2.75) is 52.2 Å². The lowest BCUT2D eigenvalue weighted by molar-refractivity contribution is -0.152. The molecular formula is C20H34N4O9S. The van der Waals surface area contributed by atoms with Crippen LogP contribution in [-0.2, 0) is 33.5 Å². The van der Waals surface area contributed by atoms with Crippen molar-refractivity contribution in [2.75, 3.05) is 32.0 Å². The maximum atomic E-state index is 12.1. The summed E-state index contributed by atoms with van der Waals surface area (Å²) in [4.78, 5) is 68.9. The van der Waals surface area contributed by atoms with Gasteiger partial charge in [-0.3, -0.25) is 24.0 Å². The Balaban J connectivity index is 4.11. The van der Waals surface area contributed by atoms with Crippen molar-refractivity contribution >= 4 is 46.5 Å². The van der Waals surface area contributed by atoms with E-state index in [9.17, 15) is 33.9 Å². The number of carboxylic acid groups (broad SMARTS) is 1. The van der Waals surface area contributed by atoms with Gasteiger partial charge in [-0.15, -0.1) is 0 Å². The molecule has 0 radical (unpaired) electrons. The van der Waals surface area contributed by atoms with Gasteiger partial charge < -0.3 is 36.6 Å². The summed E-state index contributed by atoms with van der Waals surface area (Å²) in [5.74, 6) is -3.22. The Labute approximate surface area is 201 Å². The normalized spacial score (nSPS) is 12.7. The highest BCUT2D eigenvalue weighted by atomic mass is 32.2. The van der Waals surface area contributed by atoms with Crippen LogP contribution in [0.3, 0.4) is 0 Å². The Morgan fingerprint density at radius 3 is 2.26 bits per heavy atom. The number of rotatable bonds is 16. The van der Waals surface area contributed by atoms with E-state index in [1.165, 1.54) is 20.8 Å². The molecule has 0 aromatic rings. The zero-order chi connectivity index (χ0) is 26.3. The van der Waals surface area contributed by atoms with E-state index in [0.717, 1.165) is 11.8 Å². The molecule has 0 rings (SSSR count). The molecule has 0 spiro atoms. The Hall–Kier alpha value is -2.71. The molecule has 0 saturated carbocycles. The number of hydrogen-bond acceptors (Lipinski definition) is 10. The van der Waals surface area contributed by atoms with E-state index in [1.54, 1.807) is 0 Å². The van der Waals surface area contributed by atoms with Crippen LogP contribution < -0.4 is 21.7 Å². The van der Waals surface area contributed by atoms with Crippen LogP contribution in [-0.4, -0.2) is 89.1 Å². The number of aliphatic hydroxyl groups is 1. The number of ether oxygens (including phenoxy) is 1. The molecule has 0 bridgehead atoms. The second kappa shape index (κ2) is 16.0. The second-order valence-corrected chi connectivity index (χ2v) is 9.15. The van der Waals surface area contributed by atoms with Crippen molar-refractivity contribution < 1.29 is 43.7 Å². The molecule has 0 aliphatic rings. The number of aliphatic carboxylic acids is 1. The van der Waals surface area contributed by atoms with E-state index in [4.69, 9.17) is 15.6 Å². The van der Waals surface area contributed by atoms with E-state index in [1.807, 2.05) is 0 Å². The number of amides is 3. The lowest BCUT2D eigenvalue weighted by Gasteiger charge is -2.28. The number of nitrogens with two attached hydrogens (primary N) is 1. The van der Waals surface area contributed by atoms with Gasteiger partial charge >= 0.3 is 11.9 Å². The maximum Gasteiger partial charge on any atom is 0.326 e. The molecule has 0 unspecified atom stereocenters. The van der Waals surface area contributed by atoms with Crippen LogP contribution in [0.1, 0.15) is 40.0 Å². The highest BCUT2D eigenvalue weighted by molar-refractivity contribution is 8.13. The summed E-state index contributed by atoms with van der Waals surface area (Å²) in [6.45, 7) is 3.88. The third-order valence-electron chi connectivity index (χ3n) is 4.41. The maximum absolute atomic E-state index is 12.1. The fraction of sp³-hybridized carbons (Fsp3) is 0.700. The second-order valence-electron chi connectivity index (χ2n) is 8.00. The highest BCUT2D eigenvalue weighted by Gasteiger charge is 2.34. The van der Waals surface area contributed by atoms with E-state index in [2.05, 4.69) is 16.0 Å². The lowest BCUT2D eigenvalue weighted by atomic mass is 9.87. The Morgan fingerprint density at radius 2 is 1.71 bits per heavy atom. The molecule has 0 heterocycles. The number of carboxylic acids is 1. The van der Waals surface area contributed by atoms with Crippen LogP contribution in [0, 0.1) is 5.41 Å². The van der Waals surface area contributed by atoms with Gasteiger partial charge in [0.05, 0.1) is 13.2 Å². The van der Waals surface area contributed by atoms with E-state index in [-0.39, 0.29) is 62.3 Å². The van der Waals surface area contributed by atoms with Crippen LogP contribution in [0.2, 0.25) is 0 Å². The van der Waals surface area contributed by atoms with Gasteiger partial charge in [-0.1, -0.05) is 25.6 Å². The molecule has 0 saturated heterocycles. The number of esters is 1. The van der Waals surface area contributed by atoms with Gasteiger partial charge in [-0.2, -0.15) is 0 Å². The predicted molar refractivity (Wildman–Crippen MR) is 122 cm³/mol. The van der Waals surface area contributed by atoms with Gasteiger partial charge in [0.1, 0.15) is 12.1 Å². The third kappa shape index (κ3) is 13.7. The fourth-order valence-electron chi connectivity index (χ4n) is 2.44. The number of carbonyl (C=O) groups excluding carboxylic acids is 5. The topological polar surface area (TPSA) is 214 Å². The molecule has 2 atom stereocenters. The molecule has 7 N–H and O–H groups in total. The first kappa shape index (κ1) is 31.3. The zero-order valence-electron chi connectivity index (χ0n) is 19.5. The molecule has 194 valence electrons. The van der Waals surface area contributed by atoms with Gasteiger partial charge in [0.15, 0.2) is 5.12 Å². The fourth-order valence-corrected chi connectivity index (χ4v) is 3.13. The van der Waals surface area contributed by atoms with Crippen LogP contribution in [0.25, 0.3) is 0 Å². The van der Waals surface area contributed by atoms with Crippen LogP contribution >= 0.6 is 11.8 Å². The van der Waals surface area contributed by atoms with Crippen molar-refractivity contribution in [3.05, 3.63) is 0 Å². The van der Waals surface area contributed by atoms with E-state index in [0.29, 0.717) is 0 Å². The summed E-state index contributed by atoms with van der Waals surface area (Å²) in [7, 11) is 0. The minimum atomic E-state index is -1.48. The summed E-state index contributed by atoms with van der Waals surface area (Å²) in [6, 6.07) is -1.14. The van der Waals surface area contributed by atoms with Gasteiger partial charge in [0, 0.05) is 44.0 Å². The van der Waals surface area contributed by atoms with Crippen LogP contribution in [0.15, 0.2) is 0 Å². The lowest BCUT2D eigenvalue weighted by Crippen LogP contribution is -2.47. The summed E-state index contributed by atoms with van der Waals surface area (Å²) < 4.78 is 4.86. The van der Waals surface area contributed by atoms with Gasteiger partial charge in [0.2, 0.25) is 17.7 Å². The molecule has 13 nitrogen and oxygen atoms in total. The Bertz CT molecular complexity index is 746.